The van der Waals surface area contributed by atoms with E-state index in [0.717, 1.165) is 35.1 Å². The second-order valence-corrected chi connectivity index (χ2v) is 3.92. The molecule has 2 rings (SSSR count). The molecule has 1 aromatic heterocycles. The van der Waals surface area contributed by atoms with Crippen LogP contribution < -0.4 is 9.47 Å². The number of ether oxygens (including phenoxy) is 2. The van der Waals surface area contributed by atoms with Gasteiger partial charge in [0.1, 0.15) is 11.6 Å². The summed E-state index contributed by atoms with van der Waals surface area (Å²) in [6.07, 6.45) is 1.54. The molecule has 0 aliphatic rings. The monoisotopic (exact) mass is 247 g/mol. The zero-order chi connectivity index (χ0) is 13.0. The summed E-state index contributed by atoms with van der Waals surface area (Å²) in [6, 6.07) is 5.84. The number of methoxy groups -OCH3 is 2. The van der Waals surface area contributed by atoms with Gasteiger partial charge in [-0.1, -0.05) is 13.0 Å². The number of hydrogen-bond acceptors (Lipinski definition) is 4. The Balaban J connectivity index is 2.18. The Hall–Kier alpha value is -2.04. The van der Waals surface area contributed by atoms with Crippen LogP contribution in [-0.4, -0.2) is 29.4 Å². The molecule has 0 radical (unpaired) electrons. The Morgan fingerprint density at radius 1 is 1.17 bits per heavy atom. The number of benzene rings is 1. The van der Waals surface area contributed by atoms with Gasteiger partial charge in [-0.3, -0.25) is 5.10 Å². The summed E-state index contributed by atoms with van der Waals surface area (Å²) in [4.78, 5) is 4.38. The van der Waals surface area contributed by atoms with Crippen LogP contribution in [0.2, 0.25) is 0 Å². The molecular formula is C13H17N3O2. The molecule has 96 valence electrons. The number of hydrogen-bond donors (Lipinski definition) is 1. The van der Waals surface area contributed by atoms with Crippen molar-refractivity contribution in [1.82, 2.24) is 15.2 Å². The highest BCUT2D eigenvalue weighted by Gasteiger charge is 2.07. The molecule has 1 N–H and O–H groups in total. The van der Waals surface area contributed by atoms with Crippen LogP contribution in [0.3, 0.4) is 0 Å². The average molecular weight is 247 g/mol. The Labute approximate surface area is 106 Å². The predicted molar refractivity (Wildman–Crippen MR) is 68.1 cm³/mol. The van der Waals surface area contributed by atoms with E-state index in [-0.39, 0.29) is 0 Å². The van der Waals surface area contributed by atoms with E-state index in [1.165, 1.54) is 0 Å². The molecule has 5 heteroatoms. The maximum atomic E-state index is 5.27. The third kappa shape index (κ3) is 2.61. The average Bonchev–Trinajstić information content (AvgIpc) is 2.86. The fourth-order valence-corrected chi connectivity index (χ4v) is 1.76. The number of aromatic nitrogens is 3. The SMILES string of the molecule is CCc1n[nH]c(Cc2ccc(OC)c(OC)c2)n1. The molecule has 18 heavy (non-hydrogen) atoms. The zero-order valence-electron chi connectivity index (χ0n) is 10.9. The molecule has 2 aromatic rings. The van der Waals surface area contributed by atoms with E-state index >= 15 is 0 Å². The molecule has 0 atom stereocenters. The molecule has 0 fully saturated rings. The summed E-state index contributed by atoms with van der Waals surface area (Å²) in [5.41, 5.74) is 1.10. The van der Waals surface area contributed by atoms with E-state index in [0.29, 0.717) is 6.42 Å². The zero-order valence-corrected chi connectivity index (χ0v) is 10.9. The number of nitrogens with zero attached hydrogens (tertiary/aromatic N) is 2. The highest BCUT2D eigenvalue weighted by Crippen LogP contribution is 2.28. The van der Waals surface area contributed by atoms with Crippen LogP contribution in [0.15, 0.2) is 18.2 Å². The molecule has 5 nitrogen and oxygen atoms in total. The Bertz CT molecular complexity index is 523. The van der Waals surface area contributed by atoms with Gasteiger partial charge in [0.25, 0.3) is 0 Å². The van der Waals surface area contributed by atoms with E-state index in [1.54, 1.807) is 14.2 Å². The summed E-state index contributed by atoms with van der Waals surface area (Å²) in [5.74, 6) is 3.16. The first-order valence-electron chi connectivity index (χ1n) is 5.87. The molecule has 0 aliphatic heterocycles. The van der Waals surface area contributed by atoms with Gasteiger partial charge in [-0.05, 0) is 17.7 Å². The minimum atomic E-state index is 0.702. The Morgan fingerprint density at radius 2 is 1.94 bits per heavy atom. The lowest BCUT2D eigenvalue weighted by atomic mass is 10.1. The van der Waals surface area contributed by atoms with Gasteiger partial charge in [0.05, 0.1) is 14.2 Å². The van der Waals surface area contributed by atoms with Crippen LogP contribution in [0.4, 0.5) is 0 Å². The quantitative estimate of drug-likeness (QED) is 0.877. The van der Waals surface area contributed by atoms with Gasteiger partial charge in [0.2, 0.25) is 0 Å². The van der Waals surface area contributed by atoms with E-state index in [4.69, 9.17) is 9.47 Å². The number of H-pyrrole nitrogens is 1. The van der Waals surface area contributed by atoms with Gasteiger partial charge in [-0.25, -0.2) is 4.98 Å². The topological polar surface area (TPSA) is 60.0 Å². The molecule has 0 unspecified atom stereocenters. The fraction of sp³-hybridized carbons (Fsp3) is 0.385. The third-order valence-corrected chi connectivity index (χ3v) is 2.71. The van der Waals surface area contributed by atoms with Crippen LogP contribution in [0, 0.1) is 0 Å². The molecule has 0 spiro atoms. The molecule has 0 aliphatic carbocycles. The van der Waals surface area contributed by atoms with Crippen molar-refractivity contribution < 1.29 is 9.47 Å². The maximum absolute atomic E-state index is 5.27. The van der Waals surface area contributed by atoms with Crippen LogP contribution in [0.5, 0.6) is 11.5 Å². The molecule has 0 saturated carbocycles. The van der Waals surface area contributed by atoms with Gasteiger partial charge < -0.3 is 9.47 Å². The van der Waals surface area contributed by atoms with E-state index in [1.807, 2.05) is 25.1 Å². The standard InChI is InChI=1S/C13H17N3O2/c1-4-12-14-13(16-15-12)8-9-5-6-10(17-2)11(7-9)18-3/h5-7H,4,8H2,1-3H3,(H,14,15,16). The lowest BCUT2D eigenvalue weighted by Gasteiger charge is -2.08. The molecule has 1 aromatic carbocycles. The number of nitrogens with one attached hydrogen (secondary N) is 1. The maximum Gasteiger partial charge on any atom is 0.161 e. The first kappa shape index (κ1) is 12.4. The largest absolute Gasteiger partial charge is 0.493 e. The van der Waals surface area contributed by atoms with Crippen LogP contribution in [0.1, 0.15) is 24.1 Å². The fourth-order valence-electron chi connectivity index (χ4n) is 1.76. The van der Waals surface area contributed by atoms with Crippen molar-refractivity contribution >= 4 is 0 Å². The molecular weight excluding hydrogens is 230 g/mol. The molecule has 0 saturated heterocycles. The lowest BCUT2D eigenvalue weighted by molar-refractivity contribution is 0.354. The van der Waals surface area contributed by atoms with E-state index in [2.05, 4.69) is 15.2 Å². The summed E-state index contributed by atoms with van der Waals surface area (Å²) >= 11 is 0. The predicted octanol–water partition coefficient (Wildman–Crippen LogP) is 1.98. The van der Waals surface area contributed by atoms with Gasteiger partial charge in [0, 0.05) is 12.8 Å². The highest BCUT2D eigenvalue weighted by atomic mass is 16.5. The lowest BCUT2D eigenvalue weighted by Crippen LogP contribution is -1.95. The number of aryl methyl sites for hydroxylation is 1. The van der Waals surface area contributed by atoms with Crippen molar-refractivity contribution in [2.75, 3.05) is 14.2 Å². The second kappa shape index (κ2) is 5.53. The summed E-state index contributed by atoms with van der Waals surface area (Å²) < 4.78 is 10.5. The number of rotatable bonds is 5. The van der Waals surface area contributed by atoms with Crippen molar-refractivity contribution in [2.24, 2.45) is 0 Å². The van der Waals surface area contributed by atoms with Gasteiger partial charge >= 0.3 is 0 Å². The summed E-state index contributed by atoms with van der Waals surface area (Å²) in [7, 11) is 3.26. The highest BCUT2D eigenvalue weighted by molar-refractivity contribution is 5.43. The van der Waals surface area contributed by atoms with Crippen LogP contribution in [0.25, 0.3) is 0 Å². The minimum absolute atomic E-state index is 0.702. The van der Waals surface area contributed by atoms with Gasteiger partial charge in [-0.2, -0.15) is 5.10 Å². The number of aromatic amines is 1. The smallest absolute Gasteiger partial charge is 0.161 e. The molecule has 1 heterocycles. The van der Waals surface area contributed by atoms with Crippen molar-refractivity contribution in [1.29, 1.82) is 0 Å². The third-order valence-electron chi connectivity index (χ3n) is 2.71. The van der Waals surface area contributed by atoms with Gasteiger partial charge in [0.15, 0.2) is 11.5 Å². The Morgan fingerprint density at radius 3 is 2.56 bits per heavy atom. The first-order valence-corrected chi connectivity index (χ1v) is 5.87. The van der Waals surface area contributed by atoms with Crippen molar-refractivity contribution in [3.8, 4) is 11.5 Å². The summed E-state index contributed by atoms with van der Waals surface area (Å²) in [6.45, 7) is 2.03. The van der Waals surface area contributed by atoms with Crippen molar-refractivity contribution in [3.05, 3.63) is 35.4 Å². The second-order valence-electron chi connectivity index (χ2n) is 3.92. The van der Waals surface area contributed by atoms with Crippen LogP contribution in [-0.2, 0) is 12.8 Å². The first-order chi connectivity index (χ1) is 8.76. The van der Waals surface area contributed by atoms with Crippen molar-refractivity contribution in [2.45, 2.75) is 19.8 Å². The Kier molecular flexibility index (Phi) is 3.82. The molecule has 0 amide bonds. The minimum Gasteiger partial charge on any atom is -0.493 e. The molecule has 0 bridgehead atoms. The van der Waals surface area contributed by atoms with E-state index in [9.17, 15) is 0 Å². The van der Waals surface area contributed by atoms with Crippen molar-refractivity contribution in [3.63, 3.8) is 0 Å². The summed E-state index contributed by atoms with van der Waals surface area (Å²) in [5, 5.41) is 7.05. The normalized spacial score (nSPS) is 10.4. The van der Waals surface area contributed by atoms with Crippen LogP contribution >= 0.6 is 0 Å². The van der Waals surface area contributed by atoms with E-state index < -0.39 is 0 Å². The van der Waals surface area contributed by atoms with Gasteiger partial charge in [-0.15, -0.1) is 0 Å².